The van der Waals surface area contributed by atoms with Gasteiger partial charge in [0.15, 0.2) is 11.5 Å². The third kappa shape index (κ3) is 3.70. The summed E-state index contributed by atoms with van der Waals surface area (Å²) in [6, 6.07) is 9.28. The molecule has 0 saturated carbocycles. The minimum Gasteiger partial charge on any atom is -0.490 e. The van der Waals surface area contributed by atoms with Crippen molar-refractivity contribution in [1.29, 1.82) is 0 Å². The molecule has 6 nitrogen and oxygen atoms in total. The van der Waals surface area contributed by atoms with E-state index in [1.165, 1.54) is 12.8 Å². The van der Waals surface area contributed by atoms with E-state index in [0.717, 1.165) is 25.3 Å². The van der Waals surface area contributed by atoms with Gasteiger partial charge in [0, 0.05) is 18.5 Å². The van der Waals surface area contributed by atoms with Gasteiger partial charge in [-0.25, -0.2) is 0 Å². The van der Waals surface area contributed by atoms with Gasteiger partial charge in [0.2, 0.25) is 0 Å². The molecule has 0 spiro atoms. The van der Waals surface area contributed by atoms with E-state index in [1.54, 1.807) is 24.5 Å². The quantitative estimate of drug-likeness (QED) is 0.892. The van der Waals surface area contributed by atoms with Gasteiger partial charge in [-0.3, -0.25) is 9.69 Å². The Hall–Kier alpha value is -2.47. The number of furan rings is 1. The fourth-order valence-electron chi connectivity index (χ4n) is 3.54. The van der Waals surface area contributed by atoms with E-state index in [1.807, 2.05) is 12.1 Å². The lowest BCUT2D eigenvalue weighted by atomic mass is 10.1. The molecule has 1 atom stereocenters. The molecule has 2 aliphatic rings. The normalized spacial score (nSPS) is 18.3. The van der Waals surface area contributed by atoms with Gasteiger partial charge >= 0.3 is 0 Å². The van der Waals surface area contributed by atoms with Gasteiger partial charge in [0.25, 0.3) is 5.91 Å². The smallest absolute Gasteiger partial charge is 0.251 e. The fraction of sp³-hybridized carbons (Fsp3) is 0.450. The molecule has 6 heteroatoms. The molecule has 1 fully saturated rings. The summed E-state index contributed by atoms with van der Waals surface area (Å²) in [4.78, 5) is 15.0. The van der Waals surface area contributed by atoms with E-state index < -0.39 is 0 Å². The second-order valence-electron chi connectivity index (χ2n) is 6.70. The van der Waals surface area contributed by atoms with Gasteiger partial charge in [0.1, 0.15) is 5.76 Å². The van der Waals surface area contributed by atoms with Crippen molar-refractivity contribution in [2.24, 2.45) is 0 Å². The Kier molecular flexibility index (Phi) is 5.11. The Balaban J connectivity index is 1.44. The minimum absolute atomic E-state index is 0.0665. The molecule has 1 amide bonds. The van der Waals surface area contributed by atoms with Crippen LogP contribution in [0.3, 0.4) is 0 Å². The highest BCUT2D eigenvalue weighted by Gasteiger charge is 2.26. The van der Waals surface area contributed by atoms with Crippen molar-refractivity contribution in [2.75, 3.05) is 32.8 Å². The molecule has 1 aromatic carbocycles. The number of likely N-dealkylation sites (tertiary alicyclic amines) is 1. The number of hydrogen-bond donors (Lipinski definition) is 1. The lowest BCUT2D eigenvalue weighted by Gasteiger charge is -2.26. The van der Waals surface area contributed by atoms with Crippen LogP contribution in [0.25, 0.3) is 0 Å². The molecule has 2 aliphatic heterocycles. The van der Waals surface area contributed by atoms with E-state index in [9.17, 15) is 4.79 Å². The molecule has 26 heavy (non-hydrogen) atoms. The van der Waals surface area contributed by atoms with Crippen LogP contribution in [0.1, 0.15) is 41.4 Å². The number of amides is 1. The van der Waals surface area contributed by atoms with Gasteiger partial charge in [-0.15, -0.1) is 0 Å². The molecular weight excluding hydrogens is 332 g/mol. The van der Waals surface area contributed by atoms with E-state index in [2.05, 4.69) is 10.2 Å². The Morgan fingerprint density at radius 3 is 2.65 bits per heavy atom. The number of carbonyl (C=O) groups is 1. The number of nitrogens with one attached hydrogen (secondary N) is 1. The van der Waals surface area contributed by atoms with Gasteiger partial charge in [-0.05, 0) is 56.3 Å². The Morgan fingerprint density at radius 1 is 1.08 bits per heavy atom. The van der Waals surface area contributed by atoms with Crippen molar-refractivity contribution in [2.45, 2.75) is 25.3 Å². The summed E-state index contributed by atoms with van der Waals surface area (Å²) in [5, 5.41) is 3.05. The van der Waals surface area contributed by atoms with Crippen molar-refractivity contribution < 1.29 is 18.7 Å². The zero-order chi connectivity index (χ0) is 17.8. The van der Waals surface area contributed by atoms with Crippen molar-refractivity contribution in [3.63, 3.8) is 0 Å². The van der Waals surface area contributed by atoms with Gasteiger partial charge in [-0.1, -0.05) is 0 Å². The molecule has 1 N–H and O–H groups in total. The first-order valence-corrected chi connectivity index (χ1v) is 9.26. The van der Waals surface area contributed by atoms with E-state index in [4.69, 9.17) is 13.9 Å². The van der Waals surface area contributed by atoms with Crippen LogP contribution in [0.15, 0.2) is 41.0 Å². The average molecular weight is 356 g/mol. The maximum atomic E-state index is 12.6. The Morgan fingerprint density at radius 2 is 1.88 bits per heavy atom. The van der Waals surface area contributed by atoms with Gasteiger partial charge in [0.05, 0.1) is 25.5 Å². The first-order valence-electron chi connectivity index (χ1n) is 9.26. The van der Waals surface area contributed by atoms with Crippen LogP contribution in [-0.2, 0) is 0 Å². The number of benzene rings is 1. The number of carbonyl (C=O) groups excluding carboxylic acids is 1. The van der Waals surface area contributed by atoms with Crippen LogP contribution in [0, 0.1) is 0 Å². The molecule has 0 aliphatic carbocycles. The highest BCUT2D eigenvalue weighted by atomic mass is 16.5. The summed E-state index contributed by atoms with van der Waals surface area (Å²) in [6.45, 7) is 3.82. The lowest BCUT2D eigenvalue weighted by molar-refractivity contribution is 0.0933. The molecule has 1 aromatic heterocycles. The second-order valence-corrected chi connectivity index (χ2v) is 6.70. The van der Waals surface area contributed by atoms with Crippen LogP contribution in [0.5, 0.6) is 11.5 Å². The van der Waals surface area contributed by atoms with Crippen molar-refractivity contribution >= 4 is 5.91 Å². The molecule has 2 aromatic rings. The molecule has 138 valence electrons. The highest BCUT2D eigenvalue weighted by Crippen LogP contribution is 2.30. The van der Waals surface area contributed by atoms with Crippen LogP contribution in [0.2, 0.25) is 0 Å². The van der Waals surface area contributed by atoms with Crippen molar-refractivity contribution in [3.8, 4) is 11.5 Å². The summed E-state index contributed by atoms with van der Waals surface area (Å²) < 4.78 is 16.9. The topological polar surface area (TPSA) is 63.9 Å². The predicted octanol–water partition coefficient (Wildman–Crippen LogP) is 3.01. The molecular formula is C20H24N2O4. The molecule has 1 saturated heterocycles. The third-order valence-electron chi connectivity index (χ3n) is 4.92. The number of nitrogens with zero attached hydrogens (tertiary/aromatic N) is 1. The molecule has 3 heterocycles. The van der Waals surface area contributed by atoms with Crippen LogP contribution in [0.4, 0.5) is 0 Å². The Bertz CT molecular complexity index is 738. The minimum atomic E-state index is -0.114. The summed E-state index contributed by atoms with van der Waals surface area (Å²) in [6.07, 6.45) is 4.90. The molecule has 4 rings (SSSR count). The lowest BCUT2D eigenvalue weighted by Crippen LogP contribution is -2.36. The van der Waals surface area contributed by atoms with Crippen LogP contribution >= 0.6 is 0 Å². The van der Waals surface area contributed by atoms with E-state index in [0.29, 0.717) is 36.8 Å². The van der Waals surface area contributed by atoms with Crippen molar-refractivity contribution in [1.82, 2.24) is 10.2 Å². The first kappa shape index (κ1) is 17.0. The average Bonchev–Trinajstić information content (AvgIpc) is 3.33. The number of fused-ring (bicyclic) bond motifs is 1. The van der Waals surface area contributed by atoms with Gasteiger partial charge in [-0.2, -0.15) is 0 Å². The van der Waals surface area contributed by atoms with E-state index in [-0.39, 0.29) is 11.9 Å². The summed E-state index contributed by atoms with van der Waals surface area (Å²) in [5.41, 5.74) is 0.578. The maximum Gasteiger partial charge on any atom is 0.251 e. The summed E-state index contributed by atoms with van der Waals surface area (Å²) >= 11 is 0. The van der Waals surface area contributed by atoms with Crippen LogP contribution in [-0.4, -0.2) is 43.7 Å². The molecule has 0 bridgehead atoms. The monoisotopic (exact) mass is 356 g/mol. The molecule has 1 unspecified atom stereocenters. The predicted molar refractivity (Wildman–Crippen MR) is 96.6 cm³/mol. The standard InChI is InChI=1S/C20H24N2O4/c23-20(15-6-7-18-19(13-15)26-12-4-11-25-18)21-14-16(17-5-3-10-24-17)22-8-1-2-9-22/h3,5-7,10,13,16H,1-2,4,8-9,11-12,14H2,(H,21,23). The maximum absolute atomic E-state index is 12.6. The number of ether oxygens (including phenoxy) is 2. The third-order valence-corrected chi connectivity index (χ3v) is 4.92. The zero-order valence-corrected chi connectivity index (χ0v) is 14.8. The van der Waals surface area contributed by atoms with Crippen LogP contribution < -0.4 is 14.8 Å². The Labute approximate surface area is 153 Å². The fourth-order valence-corrected chi connectivity index (χ4v) is 3.54. The summed E-state index contributed by atoms with van der Waals surface area (Å²) in [7, 11) is 0. The van der Waals surface area contributed by atoms with Gasteiger partial charge < -0.3 is 19.2 Å². The zero-order valence-electron chi connectivity index (χ0n) is 14.8. The molecule has 0 radical (unpaired) electrons. The number of hydrogen-bond acceptors (Lipinski definition) is 5. The van der Waals surface area contributed by atoms with E-state index >= 15 is 0 Å². The SMILES string of the molecule is O=C(NCC(c1ccco1)N1CCCC1)c1ccc2c(c1)OCCCO2. The largest absolute Gasteiger partial charge is 0.490 e. The highest BCUT2D eigenvalue weighted by molar-refractivity contribution is 5.94. The van der Waals surface area contributed by atoms with Crippen molar-refractivity contribution in [3.05, 3.63) is 47.9 Å². The number of rotatable bonds is 5. The second kappa shape index (κ2) is 7.83. The summed E-state index contributed by atoms with van der Waals surface area (Å²) in [5.74, 6) is 2.11. The first-order chi connectivity index (χ1) is 12.8.